The van der Waals surface area contributed by atoms with Crippen molar-refractivity contribution in [1.82, 2.24) is 0 Å². The van der Waals surface area contributed by atoms with Gasteiger partial charge in [0.25, 0.3) is 0 Å². The third kappa shape index (κ3) is 5.89. The van der Waals surface area contributed by atoms with Gasteiger partial charge in [-0.3, -0.25) is 0 Å². The van der Waals surface area contributed by atoms with Crippen LogP contribution in [-0.2, 0) is 0 Å². The molecule has 1 nitrogen and oxygen atoms in total. The highest BCUT2D eigenvalue weighted by Gasteiger charge is 2.39. The molecule has 3 aliphatic carbocycles. The summed E-state index contributed by atoms with van der Waals surface area (Å²) in [6.07, 6.45) is 21.0. The van der Waals surface area contributed by atoms with Crippen LogP contribution in [0.25, 0.3) is 0 Å². The van der Waals surface area contributed by atoms with Crippen LogP contribution in [0.5, 0.6) is 5.75 Å². The molecule has 3 heteroatoms. The second-order valence-corrected chi connectivity index (χ2v) is 10.9. The molecule has 4 unspecified atom stereocenters. The van der Waals surface area contributed by atoms with E-state index in [4.69, 9.17) is 4.74 Å². The van der Waals surface area contributed by atoms with Crippen molar-refractivity contribution >= 4 is 0 Å². The highest BCUT2D eigenvalue weighted by Crippen LogP contribution is 2.50. The van der Waals surface area contributed by atoms with Crippen molar-refractivity contribution in [2.24, 2.45) is 29.6 Å². The highest BCUT2D eigenvalue weighted by molar-refractivity contribution is 5.33. The molecule has 0 bridgehead atoms. The van der Waals surface area contributed by atoms with Crippen LogP contribution < -0.4 is 4.74 Å². The summed E-state index contributed by atoms with van der Waals surface area (Å²) >= 11 is 0. The van der Waals surface area contributed by atoms with Crippen LogP contribution in [0.4, 0.5) is 8.78 Å². The van der Waals surface area contributed by atoms with E-state index in [1.807, 2.05) is 13.0 Å². The maximum Gasteiger partial charge on any atom is 0.200 e. The smallest absolute Gasteiger partial charge is 0.200 e. The van der Waals surface area contributed by atoms with E-state index in [1.54, 1.807) is 18.2 Å². The summed E-state index contributed by atoms with van der Waals surface area (Å²) in [5, 5.41) is 0. The molecule has 0 N–H and O–H groups in total. The zero-order valence-corrected chi connectivity index (χ0v) is 20.4. The molecule has 0 aromatic heterocycles. The van der Waals surface area contributed by atoms with Crippen molar-refractivity contribution in [3.8, 4) is 5.75 Å². The number of ether oxygens (including phenoxy) is 1. The van der Waals surface area contributed by atoms with Gasteiger partial charge < -0.3 is 4.74 Å². The maximum absolute atomic E-state index is 14.8. The van der Waals surface area contributed by atoms with Gasteiger partial charge in [-0.05, 0) is 125 Å². The topological polar surface area (TPSA) is 9.23 Å². The molecule has 1 aromatic rings. The number of halogens is 2. The van der Waals surface area contributed by atoms with E-state index in [0.29, 0.717) is 5.56 Å². The second-order valence-electron chi connectivity index (χ2n) is 10.9. The van der Waals surface area contributed by atoms with E-state index in [0.717, 1.165) is 55.3 Å². The van der Waals surface area contributed by atoms with Crippen LogP contribution in [0.3, 0.4) is 0 Å². The number of hydrogen-bond acceptors (Lipinski definition) is 1. The SMILES string of the molecule is C=CCCC1CCC2CC(C3CCC(c4ccc(OC/C=C/C)c(F)c4F)CC3)CCC2C1. The molecule has 3 aliphatic rings. The number of hydrogen-bond donors (Lipinski definition) is 0. The summed E-state index contributed by atoms with van der Waals surface area (Å²) in [7, 11) is 0. The fourth-order valence-corrected chi connectivity index (χ4v) is 7.18. The quantitative estimate of drug-likeness (QED) is 0.355. The summed E-state index contributed by atoms with van der Waals surface area (Å²) in [5.41, 5.74) is 0.547. The van der Waals surface area contributed by atoms with Crippen LogP contribution in [0.1, 0.15) is 95.5 Å². The van der Waals surface area contributed by atoms with Crippen LogP contribution in [0.2, 0.25) is 0 Å². The fourth-order valence-electron chi connectivity index (χ4n) is 7.18. The van der Waals surface area contributed by atoms with E-state index in [-0.39, 0.29) is 18.3 Å². The Morgan fingerprint density at radius 1 is 0.879 bits per heavy atom. The summed E-state index contributed by atoms with van der Waals surface area (Å²) in [6.45, 7) is 6.03. The second kappa shape index (κ2) is 11.7. The summed E-state index contributed by atoms with van der Waals surface area (Å²) < 4.78 is 34.7. The first-order chi connectivity index (χ1) is 16.1. The van der Waals surface area contributed by atoms with Crippen LogP contribution in [-0.4, -0.2) is 6.61 Å². The highest BCUT2D eigenvalue weighted by atomic mass is 19.2. The molecular weight excluding hydrogens is 414 g/mol. The Labute approximate surface area is 199 Å². The van der Waals surface area contributed by atoms with Crippen molar-refractivity contribution in [2.45, 2.75) is 89.9 Å². The summed E-state index contributed by atoms with van der Waals surface area (Å²) in [5.74, 6) is 3.04. The predicted molar refractivity (Wildman–Crippen MR) is 132 cm³/mol. The summed E-state index contributed by atoms with van der Waals surface area (Å²) in [6, 6.07) is 3.36. The maximum atomic E-state index is 14.8. The number of allylic oxidation sites excluding steroid dienone is 2. The molecular formula is C30H42F2O. The number of rotatable bonds is 8. The van der Waals surface area contributed by atoms with Gasteiger partial charge >= 0.3 is 0 Å². The zero-order valence-electron chi connectivity index (χ0n) is 20.4. The van der Waals surface area contributed by atoms with E-state index in [2.05, 4.69) is 12.7 Å². The van der Waals surface area contributed by atoms with E-state index in [1.165, 1.54) is 51.4 Å². The molecule has 0 amide bonds. The van der Waals surface area contributed by atoms with Gasteiger partial charge in [0.2, 0.25) is 5.82 Å². The van der Waals surface area contributed by atoms with Crippen molar-refractivity contribution < 1.29 is 13.5 Å². The Morgan fingerprint density at radius 3 is 2.27 bits per heavy atom. The average Bonchev–Trinajstić information content (AvgIpc) is 2.85. The number of benzene rings is 1. The van der Waals surface area contributed by atoms with E-state index < -0.39 is 11.6 Å². The molecule has 0 saturated heterocycles. The van der Waals surface area contributed by atoms with Gasteiger partial charge in [0, 0.05) is 0 Å². The normalized spacial score (nSPS) is 32.5. The van der Waals surface area contributed by atoms with Crippen LogP contribution in [0.15, 0.2) is 36.9 Å². The lowest BCUT2D eigenvalue weighted by Gasteiger charge is -2.45. The van der Waals surface area contributed by atoms with Gasteiger partial charge in [0.05, 0.1) is 0 Å². The lowest BCUT2D eigenvalue weighted by atomic mass is 9.60. The van der Waals surface area contributed by atoms with Crippen molar-refractivity contribution in [3.05, 3.63) is 54.1 Å². The molecule has 0 spiro atoms. The largest absolute Gasteiger partial charge is 0.486 e. The lowest BCUT2D eigenvalue weighted by Crippen LogP contribution is -2.34. The first-order valence-corrected chi connectivity index (χ1v) is 13.4. The first kappa shape index (κ1) is 24.5. The number of fused-ring (bicyclic) bond motifs is 1. The van der Waals surface area contributed by atoms with Gasteiger partial charge in [-0.2, -0.15) is 4.39 Å². The van der Waals surface area contributed by atoms with Crippen molar-refractivity contribution in [2.75, 3.05) is 6.61 Å². The van der Waals surface area contributed by atoms with Gasteiger partial charge in [0.1, 0.15) is 6.61 Å². The molecule has 182 valence electrons. The van der Waals surface area contributed by atoms with Crippen LogP contribution in [0, 0.1) is 41.2 Å². The summed E-state index contributed by atoms with van der Waals surface area (Å²) in [4.78, 5) is 0. The Hall–Kier alpha value is -1.64. The molecule has 4 rings (SSSR count). The fraction of sp³-hybridized carbons (Fsp3) is 0.667. The van der Waals surface area contributed by atoms with Crippen LogP contribution >= 0.6 is 0 Å². The van der Waals surface area contributed by atoms with Crippen molar-refractivity contribution in [3.63, 3.8) is 0 Å². The minimum absolute atomic E-state index is 0.0130. The van der Waals surface area contributed by atoms with Gasteiger partial charge in [0.15, 0.2) is 11.6 Å². The monoisotopic (exact) mass is 456 g/mol. The average molecular weight is 457 g/mol. The lowest BCUT2D eigenvalue weighted by molar-refractivity contribution is 0.0620. The standard InChI is InChI=1S/C30H42F2O/c1-3-5-7-21-8-9-26-20-25(15-14-24(26)19-21)22-10-12-23(13-11-22)27-16-17-28(30(32)29(27)31)33-18-6-4-2/h3-4,6,16-17,21-26H,1,5,7-15,18-20H2,2H3/b6-4+. The van der Waals surface area contributed by atoms with Gasteiger partial charge in [-0.25, -0.2) is 4.39 Å². The minimum Gasteiger partial charge on any atom is -0.486 e. The Kier molecular flexibility index (Phi) is 8.66. The van der Waals surface area contributed by atoms with Gasteiger partial charge in [-0.1, -0.05) is 30.7 Å². The Bertz CT molecular complexity index is 808. The molecule has 33 heavy (non-hydrogen) atoms. The first-order valence-electron chi connectivity index (χ1n) is 13.4. The molecule has 4 atom stereocenters. The Morgan fingerprint density at radius 2 is 1.55 bits per heavy atom. The van der Waals surface area contributed by atoms with E-state index >= 15 is 0 Å². The van der Waals surface area contributed by atoms with Gasteiger partial charge in [-0.15, -0.1) is 6.58 Å². The molecule has 3 fully saturated rings. The minimum atomic E-state index is -0.832. The third-order valence-corrected chi connectivity index (χ3v) is 9.07. The van der Waals surface area contributed by atoms with E-state index in [9.17, 15) is 8.78 Å². The third-order valence-electron chi connectivity index (χ3n) is 9.07. The Balaban J connectivity index is 1.28. The molecule has 1 aromatic carbocycles. The molecule has 3 saturated carbocycles. The molecule has 0 radical (unpaired) electrons. The van der Waals surface area contributed by atoms with Crippen molar-refractivity contribution in [1.29, 1.82) is 0 Å². The zero-order chi connectivity index (χ0) is 23.2. The molecule has 0 aliphatic heterocycles. The predicted octanol–water partition coefficient (Wildman–Crippen LogP) is 8.99. The molecule has 0 heterocycles.